The summed E-state index contributed by atoms with van der Waals surface area (Å²) >= 11 is 0. The lowest BCUT2D eigenvalue weighted by molar-refractivity contribution is -0.133. The van der Waals surface area contributed by atoms with Gasteiger partial charge in [-0.1, -0.05) is 6.92 Å². The fraction of sp³-hybridized carbons (Fsp3) is 0.733. The summed E-state index contributed by atoms with van der Waals surface area (Å²) < 4.78 is 13.5. The highest BCUT2D eigenvalue weighted by atomic mass is 16.5. The van der Waals surface area contributed by atoms with E-state index in [0.717, 1.165) is 31.5 Å². The van der Waals surface area contributed by atoms with Crippen LogP contribution in [-0.4, -0.2) is 40.3 Å². The molecule has 2 aliphatic heterocycles. The third-order valence-corrected chi connectivity index (χ3v) is 4.39. The molecule has 3 rings (SSSR count). The zero-order valence-electron chi connectivity index (χ0n) is 12.6. The van der Waals surface area contributed by atoms with Gasteiger partial charge in [0.1, 0.15) is 18.0 Å². The number of aromatic nitrogens is 2. The predicted molar refractivity (Wildman–Crippen MR) is 76.6 cm³/mol. The van der Waals surface area contributed by atoms with Gasteiger partial charge in [0.2, 0.25) is 5.91 Å². The molecule has 6 nitrogen and oxygen atoms in total. The molecular formula is C15H23N3O3. The fourth-order valence-corrected chi connectivity index (χ4v) is 3.12. The van der Waals surface area contributed by atoms with Gasteiger partial charge >= 0.3 is 0 Å². The molecule has 0 unspecified atom stereocenters. The SMILES string of the molecule is CC[C@@H]1CC[C@H](C(=O)N[C@H]2CCO[C@@H]2c2nccn2C)O1. The second-order valence-electron chi connectivity index (χ2n) is 5.82. The van der Waals surface area contributed by atoms with Crippen LogP contribution < -0.4 is 5.32 Å². The topological polar surface area (TPSA) is 65.4 Å². The molecule has 2 aliphatic rings. The van der Waals surface area contributed by atoms with Crippen LogP contribution in [0.1, 0.15) is 44.5 Å². The molecule has 116 valence electrons. The number of amides is 1. The number of imidazole rings is 1. The number of carbonyl (C=O) groups is 1. The van der Waals surface area contributed by atoms with Crippen LogP contribution in [-0.2, 0) is 21.3 Å². The Morgan fingerprint density at radius 2 is 2.33 bits per heavy atom. The predicted octanol–water partition coefficient (Wildman–Crippen LogP) is 1.32. The van der Waals surface area contributed by atoms with Crippen molar-refractivity contribution >= 4 is 5.91 Å². The molecule has 0 spiro atoms. The minimum Gasteiger partial charge on any atom is -0.368 e. The van der Waals surface area contributed by atoms with Gasteiger partial charge < -0.3 is 19.4 Å². The number of nitrogens with zero attached hydrogens (tertiary/aromatic N) is 2. The van der Waals surface area contributed by atoms with E-state index in [0.29, 0.717) is 6.61 Å². The average Bonchev–Trinajstić information content (AvgIpc) is 3.18. The van der Waals surface area contributed by atoms with Crippen LogP contribution in [0.15, 0.2) is 12.4 Å². The van der Waals surface area contributed by atoms with Gasteiger partial charge in [0.05, 0.1) is 12.1 Å². The number of carbonyl (C=O) groups excluding carboxylic acids is 1. The maximum Gasteiger partial charge on any atom is 0.249 e. The van der Waals surface area contributed by atoms with Crippen LogP contribution in [0.4, 0.5) is 0 Å². The Morgan fingerprint density at radius 1 is 1.48 bits per heavy atom. The van der Waals surface area contributed by atoms with Crippen molar-refractivity contribution < 1.29 is 14.3 Å². The van der Waals surface area contributed by atoms with E-state index in [-0.39, 0.29) is 30.3 Å². The maximum absolute atomic E-state index is 12.3. The summed E-state index contributed by atoms with van der Waals surface area (Å²) in [5.74, 6) is 0.845. The highest BCUT2D eigenvalue weighted by Gasteiger charge is 2.36. The number of rotatable bonds is 4. The van der Waals surface area contributed by atoms with Crippen LogP contribution in [0.25, 0.3) is 0 Å². The molecule has 0 radical (unpaired) electrons. The highest BCUT2D eigenvalue weighted by molar-refractivity contribution is 5.81. The van der Waals surface area contributed by atoms with E-state index >= 15 is 0 Å². The Morgan fingerprint density at radius 3 is 3.00 bits per heavy atom. The van der Waals surface area contributed by atoms with Crippen LogP contribution in [0, 0.1) is 0 Å². The highest BCUT2D eigenvalue weighted by Crippen LogP contribution is 2.29. The summed E-state index contributed by atoms with van der Waals surface area (Å²) in [6.45, 7) is 2.73. The molecule has 1 N–H and O–H groups in total. The van der Waals surface area contributed by atoms with E-state index in [1.165, 1.54) is 0 Å². The van der Waals surface area contributed by atoms with Crippen molar-refractivity contribution in [2.24, 2.45) is 7.05 Å². The van der Waals surface area contributed by atoms with Gasteiger partial charge in [-0.3, -0.25) is 4.79 Å². The Balaban J connectivity index is 1.62. The van der Waals surface area contributed by atoms with E-state index in [1.54, 1.807) is 6.20 Å². The third kappa shape index (κ3) is 2.96. The van der Waals surface area contributed by atoms with Gasteiger partial charge in [-0.05, 0) is 25.7 Å². The van der Waals surface area contributed by atoms with E-state index in [4.69, 9.17) is 9.47 Å². The molecule has 1 aromatic heterocycles. The Labute approximate surface area is 124 Å². The van der Waals surface area contributed by atoms with Crippen molar-refractivity contribution in [3.63, 3.8) is 0 Å². The lowest BCUT2D eigenvalue weighted by atomic mass is 10.1. The lowest BCUT2D eigenvalue weighted by Crippen LogP contribution is -2.43. The van der Waals surface area contributed by atoms with Crippen molar-refractivity contribution in [3.05, 3.63) is 18.2 Å². The van der Waals surface area contributed by atoms with Gasteiger partial charge in [-0.15, -0.1) is 0 Å². The molecule has 2 saturated heterocycles. The monoisotopic (exact) mass is 293 g/mol. The molecule has 1 aromatic rings. The van der Waals surface area contributed by atoms with Gasteiger partial charge in [0.25, 0.3) is 0 Å². The minimum absolute atomic E-state index is 0.0133. The molecule has 1 amide bonds. The van der Waals surface area contributed by atoms with Crippen molar-refractivity contribution in [3.8, 4) is 0 Å². The quantitative estimate of drug-likeness (QED) is 0.909. The summed E-state index contributed by atoms with van der Waals surface area (Å²) in [5.41, 5.74) is 0. The summed E-state index contributed by atoms with van der Waals surface area (Å²) in [6, 6.07) is -0.0251. The van der Waals surface area contributed by atoms with E-state index in [2.05, 4.69) is 17.2 Å². The zero-order valence-corrected chi connectivity index (χ0v) is 12.6. The van der Waals surface area contributed by atoms with Gasteiger partial charge in [0, 0.05) is 26.0 Å². The summed E-state index contributed by atoms with van der Waals surface area (Å²) in [4.78, 5) is 16.7. The number of ether oxygens (including phenoxy) is 2. The van der Waals surface area contributed by atoms with Crippen molar-refractivity contribution in [2.45, 2.75) is 57.0 Å². The molecule has 4 atom stereocenters. The summed E-state index contributed by atoms with van der Waals surface area (Å²) in [7, 11) is 1.94. The van der Waals surface area contributed by atoms with Crippen LogP contribution in [0.3, 0.4) is 0 Å². The number of hydrogen-bond acceptors (Lipinski definition) is 4. The molecule has 0 aromatic carbocycles. The average molecular weight is 293 g/mol. The Hall–Kier alpha value is -1.40. The zero-order chi connectivity index (χ0) is 14.8. The summed E-state index contributed by atoms with van der Waals surface area (Å²) in [6.07, 6.45) is 6.95. The maximum atomic E-state index is 12.3. The molecule has 21 heavy (non-hydrogen) atoms. The van der Waals surface area contributed by atoms with Gasteiger partial charge in [-0.25, -0.2) is 4.98 Å². The molecule has 6 heteroatoms. The second kappa shape index (κ2) is 6.15. The minimum atomic E-state index is -0.308. The van der Waals surface area contributed by atoms with Crippen molar-refractivity contribution in [2.75, 3.05) is 6.61 Å². The standard InChI is InChI=1S/C15H23N3O3/c1-3-10-4-5-12(21-10)15(19)17-11-6-9-20-13(11)14-16-7-8-18(14)2/h7-8,10-13H,3-6,9H2,1-2H3,(H,17,19)/t10-,11+,12-,13+/m1/s1. The first-order valence-corrected chi connectivity index (χ1v) is 7.73. The van der Waals surface area contributed by atoms with E-state index < -0.39 is 0 Å². The first kappa shape index (κ1) is 14.5. The number of aryl methyl sites for hydroxylation is 1. The van der Waals surface area contributed by atoms with Crippen LogP contribution in [0.5, 0.6) is 0 Å². The van der Waals surface area contributed by atoms with Crippen molar-refractivity contribution in [1.82, 2.24) is 14.9 Å². The van der Waals surface area contributed by atoms with Crippen molar-refractivity contribution in [1.29, 1.82) is 0 Å². The first-order valence-electron chi connectivity index (χ1n) is 7.73. The number of nitrogens with one attached hydrogen (secondary N) is 1. The Bertz CT molecular complexity index is 502. The van der Waals surface area contributed by atoms with Gasteiger partial charge in [0.15, 0.2) is 0 Å². The lowest BCUT2D eigenvalue weighted by Gasteiger charge is -2.21. The molecule has 3 heterocycles. The normalized spacial score (nSPS) is 32.5. The molecule has 2 fully saturated rings. The second-order valence-corrected chi connectivity index (χ2v) is 5.82. The first-order chi connectivity index (χ1) is 10.2. The van der Waals surface area contributed by atoms with Gasteiger partial charge in [-0.2, -0.15) is 0 Å². The third-order valence-electron chi connectivity index (χ3n) is 4.39. The molecule has 0 saturated carbocycles. The molecular weight excluding hydrogens is 270 g/mol. The summed E-state index contributed by atoms with van der Waals surface area (Å²) in [5, 5.41) is 3.09. The van der Waals surface area contributed by atoms with E-state index in [1.807, 2.05) is 17.8 Å². The Kier molecular flexibility index (Phi) is 4.26. The largest absolute Gasteiger partial charge is 0.368 e. The fourth-order valence-electron chi connectivity index (χ4n) is 3.12. The van der Waals surface area contributed by atoms with Crippen LogP contribution >= 0.6 is 0 Å². The van der Waals surface area contributed by atoms with E-state index in [9.17, 15) is 4.79 Å². The van der Waals surface area contributed by atoms with Crippen LogP contribution in [0.2, 0.25) is 0 Å². The number of hydrogen-bond donors (Lipinski definition) is 1. The molecule has 0 aliphatic carbocycles. The molecule has 0 bridgehead atoms. The smallest absolute Gasteiger partial charge is 0.249 e.